The van der Waals surface area contributed by atoms with Crippen LogP contribution < -0.4 is 18.9 Å². The van der Waals surface area contributed by atoms with Crippen LogP contribution in [0.2, 0.25) is 0 Å². The Morgan fingerprint density at radius 3 is 2.54 bits per heavy atom. The minimum absolute atomic E-state index is 0.0869. The highest BCUT2D eigenvalue weighted by atomic mass is 16.6. The first kappa shape index (κ1) is 18.3. The number of amides is 1. The molecule has 8 heteroatoms. The molecule has 2 aliphatic rings. The van der Waals surface area contributed by atoms with Crippen molar-refractivity contribution in [3.63, 3.8) is 0 Å². The molecule has 0 aliphatic carbocycles. The molecule has 2 aliphatic heterocycles. The normalized spacial score (nSPS) is 23.8. The Hall–Kier alpha value is -3.03. The number of ether oxygens (including phenoxy) is 4. The molecule has 1 aromatic heterocycles. The molecule has 3 unspecified atom stereocenters. The van der Waals surface area contributed by atoms with E-state index in [2.05, 4.69) is 10.2 Å². The first-order valence-electron chi connectivity index (χ1n) is 9.39. The van der Waals surface area contributed by atoms with Crippen LogP contribution in [0.3, 0.4) is 0 Å². The number of likely N-dealkylation sites (tertiary alicyclic amines) is 1. The summed E-state index contributed by atoms with van der Waals surface area (Å²) in [7, 11) is 1.53. The van der Waals surface area contributed by atoms with Gasteiger partial charge in [-0.2, -0.15) is 0 Å². The maximum Gasteiger partial charge on any atom is 0.267 e. The standard InChI is InChI=1S/C20H23N3O5/c1-13-19(28-16-8-4-3-7-15(16)26-13)20(24)23-11-5-6-14(12-23)27-18-10-9-17(25-2)21-22-18/h3-4,7-10,13-14,19H,5-6,11-12H2,1-2H3. The first-order valence-corrected chi connectivity index (χ1v) is 9.39. The Labute approximate surface area is 163 Å². The first-order chi connectivity index (χ1) is 13.6. The van der Waals surface area contributed by atoms with Gasteiger partial charge in [-0.15, -0.1) is 10.2 Å². The Kier molecular flexibility index (Phi) is 5.18. The Balaban J connectivity index is 1.40. The van der Waals surface area contributed by atoms with Gasteiger partial charge in [0.15, 0.2) is 11.5 Å². The number of carbonyl (C=O) groups is 1. The maximum absolute atomic E-state index is 13.1. The van der Waals surface area contributed by atoms with Gasteiger partial charge in [0.05, 0.1) is 13.7 Å². The molecule has 28 heavy (non-hydrogen) atoms. The molecule has 1 fully saturated rings. The van der Waals surface area contributed by atoms with Crippen molar-refractivity contribution in [3.05, 3.63) is 36.4 Å². The highest BCUT2D eigenvalue weighted by Crippen LogP contribution is 2.34. The molecule has 1 saturated heterocycles. The number of methoxy groups -OCH3 is 1. The van der Waals surface area contributed by atoms with E-state index < -0.39 is 6.10 Å². The highest BCUT2D eigenvalue weighted by molar-refractivity contribution is 5.82. The van der Waals surface area contributed by atoms with Crippen LogP contribution >= 0.6 is 0 Å². The number of piperidine rings is 1. The second kappa shape index (κ2) is 7.92. The van der Waals surface area contributed by atoms with Crippen LogP contribution in [0, 0.1) is 0 Å². The van der Waals surface area contributed by atoms with E-state index in [1.165, 1.54) is 7.11 Å². The van der Waals surface area contributed by atoms with Gasteiger partial charge in [-0.25, -0.2) is 0 Å². The smallest absolute Gasteiger partial charge is 0.267 e. The van der Waals surface area contributed by atoms with Crippen LogP contribution in [-0.2, 0) is 4.79 Å². The average Bonchev–Trinajstić information content (AvgIpc) is 2.73. The fourth-order valence-corrected chi connectivity index (χ4v) is 3.46. The molecule has 0 saturated carbocycles. The topological polar surface area (TPSA) is 83.0 Å². The SMILES string of the molecule is COc1ccc(OC2CCCN(C(=O)C3Oc4ccccc4OC3C)C2)nn1. The van der Waals surface area contributed by atoms with Crippen molar-refractivity contribution in [3.8, 4) is 23.3 Å². The lowest BCUT2D eigenvalue weighted by atomic mass is 10.1. The van der Waals surface area contributed by atoms with Gasteiger partial charge in [-0.3, -0.25) is 4.79 Å². The van der Waals surface area contributed by atoms with E-state index in [0.29, 0.717) is 36.3 Å². The van der Waals surface area contributed by atoms with E-state index >= 15 is 0 Å². The number of hydrogen-bond acceptors (Lipinski definition) is 7. The molecule has 0 bridgehead atoms. The van der Waals surface area contributed by atoms with Crippen molar-refractivity contribution in [2.45, 2.75) is 38.1 Å². The summed E-state index contributed by atoms with van der Waals surface area (Å²) in [5.41, 5.74) is 0. The number of para-hydroxylation sites is 2. The van der Waals surface area contributed by atoms with E-state index in [0.717, 1.165) is 12.8 Å². The van der Waals surface area contributed by atoms with Crippen molar-refractivity contribution in [2.24, 2.45) is 0 Å². The quantitative estimate of drug-likeness (QED) is 0.797. The fraction of sp³-hybridized carbons (Fsp3) is 0.450. The summed E-state index contributed by atoms with van der Waals surface area (Å²) in [6.07, 6.45) is 0.509. The lowest BCUT2D eigenvalue weighted by Gasteiger charge is -2.37. The molecular formula is C20H23N3O5. The number of hydrogen-bond donors (Lipinski definition) is 0. The summed E-state index contributed by atoms with van der Waals surface area (Å²) < 4.78 is 22.7. The molecule has 3 atom stereocenters. The second-order valence-corrected chi connectivity index (χ2v) is 6.89. The third kappa shape index (κ3) is 3.81. The third-order valence-corrected chi connectivity index (χ3v) is 4.89. The lowest BCUT2D eigenvalue weighted by molar-refractivity contribution is -0.147. The molecule has 2 aromatic rings. The molecule has 1 amide bonds. The van der Waals surface area contributed by atoms with Crippen LogP contribution in [0.15, 0.2) is 36.4 Å². The van der Waals surface area contributed by atoms with Crippen LogP contribution in [0.25, 0.3) is 0 Å². The van der Waals surface area contributed by atoms with Crippen molar-refractivity contribution in [2.75, 3.05) is 20.2 Å². The predicted octanol–water partition coefficient (Wildman–Crippen LogP) is 2.08. The summed E-state index contributed by atoms with van der Waals surface area (Å²) in [6.45, 7) is 2.99. The van der Waals surface area contributed by atoms with Crippen molar-refractivity contribution < 1.29 is 23.7 Å². The minimum atomic E-state index is -0.672. The van der Waals surface area contributed by atoms with Crippen LogP contribution in [0.4, 0.5) is 0 Å². The minimum Gasteiger partial charge on any atom is -0.482 e. The van der Waals surface area contributed by atoms with Crippen molar-refractivity contribution >= 4 is 5.91 Å². The number of rotatable bonds is 4. The molecule has 3 heterocycles. The zero-order chi connectivity index (χ0) is 19.5. The van der Waals surface area contributed by atoms with E-state index in [9.17, 15) is 4.79 Å². The van der Waals surface area contributed by atoms with Gasteiger partial charge in [0.25, 0.3) is 5.91 Å². The summed E-state index contributed by atoms with van der Waals surface area (Å²) in [4.78, 5) is 14.9. The van der Waals surface area contributed by atoms with Crippen molar-refractivity contribution in [1.29, 1.82) is 0 Å². The third-order valence-electron chi connectivity index (χ3n) is 4.89. The number of fused-ring (bicyclic) bond motifs is 1. The van der Waals surface area contributed by atoms with Gasteiger partial charge < -0.3 is 23.8 Å². The summed E-state index contributed by atoms with van der Waals surface area (Å²) >= 11 is 0. The van der Waals surface area contributed by atoms with Crippen LogP contribution in [0.1, 0.15) is 19.8 Å². The molecule has 0 spiro atoms. The number of benzene rings is 1. The maximum atomic E-state index is 13.1. The van der Waals surface area contributed by atoms with Gasteiger partial charge in [-0.05, 0) is 31.9 Å². The zero-order valence-corrected chi connectivity index (χ0v) is 15.9. The molecule has 1 aromatic carbocycles. The van der Waals surface area contributed by atoms with Gasteiger partial charge in [0.1, 0.15) is 12.2 Å². The van der Waals surface area contributed by atoms with Gasteiger partial charge >= 0.3 is 0 Å². The zero-order valence-electron chi connectivity index (χ0n) is 15.9. The number of carbonyl (C=O) groups excluding carboxylic acids is 1. The fourth-order valence-electron chi connectivity index (χ4n) is 3.46. The van der Waals surface area contributed by atoms with E-state index in [-0.39, 0.29) is 18.1 Å². The summed E-state index contributed by atoms with van der Waals surface area (Å²) in [5, 5.41) is 7.90. The van der Waals surface area contributed by atoms with Gasteiger partial charge in [0.2, 0.25) is 17.9 Å². The molecule has 0 radical (unpaired) electrons. The number of nitrogens with zero attached hydrogens (tertiary/aromatic N) is 3. The highest BCUT2D eigenvalue weighted by Gasteiger charge is 2.38. The Morgan fingerprint density at radius 1 is 1.11 bits per heavy atom. The molecule has 148 valence electrons. The van der Waals surface area contributed by atoms with E-state index in [1.807, 2.05) is 31.2 Å². The Morgan fingerprint density at radius 2 is 1.82 bits per heavy atom. The summed E-state index contributed by atoms with van der Waals surface area (Å²) in [5.74, 6) is 2.02. The van der Waals surface area contributed by atoms with Crippen molar-refractivity contribution in [1.82, 2.24) is 15.1 Å². The number of aromatic nitrogens is 2. The van der Waals surface area contributed by atoms with Gasteiger partial charge in [0, 0.05) is 18.7 Å². The molecular weight excluding hydrogens is 362 g/mol. The Bertz CT molecular complexity index is 829. The predicted molar refractivity (Wildman–Crippen MR) is 99.8 cm³/mol. The van der Waals surface area contributed by atoms with Crippen LogP contribution in [-0.4, -0.2) is 59.5 Å². The van der Waals surface area contributed by atoms with Gasteiger partial charge in [-0.1, -0.05) is 12.1 Å². The monoisotopic (exact) mass is 385 g/mol. The average molecular weight is 385 g/mol. The largest absolute Gasteiger partial charge is 0.482 e. The second-order valence-electron chi connectivity index (χ2n) is 6.89. The molecule has 4 rings (SSSR count). The van der Waals surface area contributed by atoms with Crippen LogP contribution in [0.5, 0.6) is 23.3 Å². The summed E-state index contributed by atoms with van der Waals surface area (Å²) in [6, 6.07) is 10.8. The lowest BCUT2D eigenvalue weighted by Crippen LogP contribution is -2.54. The molecule has 0 N–H and O–H groups in total. The van der Waals surface area contributed by atoms with E-state index in [1.54, 1.807) is 17.0 Å². The molecule has 8 nitrogen and oxygen atoms in total. The van der Waals surface area contributed by atoms with E-state index in [4.69, 9.17) is 18.9 Å².